The molecule has 6 nitrogen and oxygen atoms in total. The number of rotatable bonds is 8. The zero-order chi connectivity index (χ0) is 18.3. The Morgan fingerprint density at radius 1 is 1.04 bits per heavy atom. The van der Waals surface area contributed by atoms with E-state index in [1.807, 2.05) is 31.2 Å². The summed E-state index contributed by atoms with van der Waals surface area (Å²) in [4.78, 5) is 12.3. The Morgan fingerprint density at radius 2 is 1.68 bits per heavy atom. The Labute approximate surface area is 148 Å². The maximum atomic E-state index is 12.2. The van der Waals surface area contributed by atoms with Crippen LogP contribution in [0.15, 0.2) is 53.4 Å². The van der Waals surface area contributed by atoms with E-state index in [4.69, 9.17) is 4.74 Å². The van der Waals surface area contributed by atoms with Gasteiger partial charge in [-0.1, -0.05) is 29.8 Å². The van der Waals surface area contributed by atoms with Gasteiger partial charge in [-0.2, -0.15) is 0 Å². The molecule has 0 saturated carbocycles. The van der Waals surface area contributed by atoms with Crippen molar-refractivity contribution in [2.75, 3.05) is 20.3 Å². The van der Waals surface area contributed by atoms with Crippen LogP contribution < -0.4 is 10.0 Å². The van der Waals surface area contributed by atoms with Gasteiger partial charge in [-0.3, -0.25) is 4.79 Å². The topological polar surface area (TPSA) is 84.5 Å². The van der Waals surface area contributed by atoms with E-state index < -0.39 is 10.0 Å². The van der Waals surface area contributed by atoms with Crippen molar-refractivity contribution >= 4 is 15.9 Å². The Bertz CT molecular complexity index is 800. The van der Waals surface area contributed by atoms with Gasteiger partial charge in [0, 0.05) is 25.8 Å². The summed E-state index contributed by atoms with van der Waals surface area (Å²) in [7, 11) is -2.10. The van der Waals surface area contributed by atoms with Crippen LogP contribution >= 0.6 is 0 Å². The monoisotopic (exact) mass is 362 g/mol. The van der Waals surface area contributed by atoms with Crippen LogP contribution in [0.2, 0.25) is 0 Å². The molecule has 2 N–H and O–H groups in total. The first-order chi connectivity index (χ1) is 11.9. The van der Waals surface area contributed by atoms with Gasteiger partial charge >= 0.3 is 0 Å². The molecule has 0 spiro atoms. The fourth-order valence-electron chi connectivity index (χ4n) is 2.14. The summed E-state index contributed by atoms with van der Waals surface area (Å²) >= 11 is 0. The number of nitrogens with one attached hydrogen (secondary N) is 2. The summed E-state index contributed by atoms with van der Waals surface area (Å²) in [6, 6.07) is 13.7. The molecule has 2 rings (SSSR count). The second kappa shape index (κ2) is 8.75. The van der Waals surface area contributed by atoms with Gasteiger partial charge in [0.05, 0.1) is 11.5 Å². The number of carbonyl (C=O) groups is 1. The highest BCUT2D eigenvalue weighted by Crippen LogP contribution is 2.11. The zero-order valence-electron chi connectivity index (χ0n) is 14.3. The first-order valence-electron chi connectivity index (χ1n) is 7.85. The average molecular weight is 362 g/mol. The summed E-state index contributed by atoms with van der Waals surface area (Å²) in [5.74, 6) is -0.253. The van der Waals surface area contributed by atoms with Crippen molar-refractivity contribution in [3.8, 4) is 0 Å². The third-order valence-corrected chi connectivity index (χ3v) is 5.08. The van der Waals surface area contributed by atoms with Gasteiger partial charge in [0.2, 0.25) is 10.0 Å². The minimum absolute atomic E-state index is 0.110. The third-order valence-electron chi connectivity index (χ3n) is 3.60. The van der Waals surface area contributed by atoms with E-state index in [0.29, 0.717) is 18.7 Å². The average Bonchev–Trinajstić information content (AvgIpc) is 2.61. The van der Waals surface area contributed by atoms with Crippen LogP contribution in [0.25, 0.3) is 0 Å². The normalized spacial score (nSPS) is 11.3. The van der Waals surface area contributed by atoms with Crippen molar-refractivity contribution in [1.29, 1.82) is 0 Å². The molecule has 0 saturated heterocycles. The number of ether oxygens (including phenoxy) is 1. The number of aryl methyl sites for hydroxylation is 1. The molecule has 0 aliphatic rings. The van der Waals surface area contributed by atoms with E-state index >= 15 is 0 Å². The second-order valence-corrected chi connectivity index (χ2v) is 7.35. The summed E-state index contributed by atoms with van der Waals surface area (Å²) < 4.78 is 31.4. The first kappa shape index (κ1) is 19.1. The molecule has 0 aromatic heterocycles. The van der Waals surface area contributed by atoms with Crippen LogP contribution in [0.3, 0.4) is 0 Å². The van der Waals surface area contributed by atoms with Crippen LogP contribution in [0.4, 0.5) is 0 Å². The zero-order valence-corrected chi connectivity index (χ0v) is 15.1. The van der Waals surface area contributed by atoms with Gasteiger partial charge in [0.15, 0.2) is 0 Å². The molecular weight excluding hydrogens is 340 g/mol. The van der Waals surface area contributed by atoms with E-state index in [0.717, 1.165) is 11.1 Å². The van der Waals surface area contributed by atoms with E-state index in [1.54, 1.807) is 0 Å². The molecule has 2 aromatic carbocycles. The van der Waals surface area contributed by atoms with Crippen molar-refractivity contribution in [2.45, 2.75) is 18.4 Å². The molecule has 7 heteroatoms. The number of hydrogen-bond donors (Lipinski definition) is 2. The van der Waals surface area contributed by atoms with E-state index in [9.17, 15) is 13.2 Å². The molecule has 0 radical (unpaired) electrons. The molecule has 1 amide bonds. The first-order valence-corrected chi connectivity index (χ1v) is 9.33. The van der Waals surface area contributed by atoms with Crippen LogP contribution in [0, 0.1) is 6.92 Å². The highest BCUT2D eigenvalue weighted by molar-refractivity contribution is 7.89. The SMILES string of the molecule is COCCNS(=O)(=O)c1ccc(C(=O)NCc2ccc(C)cc2)cc1. The number of carbonyl (C=O) groups excluding carboxylic acids is 1. The lowest BCUT2D eigenvalue weighted by Crippen LogP contribution is -2.27. The molecule has 0 aliphatic carbocycles. The summed E-state index contributed by atoms with van der Waals surface area (Å²) in [5, 5.41) is 2.81. The Balaban J connectivity index is 1.96. The fraction of sp³-hybridized carbons (Fsp3) is 0.278. The van der Waals surface area contributed by atoms with Crippen molar-refractivity contribution < 1.29 is 17.9 Å². The lowest BCUT2D eigenvalue weighted by atomic mass is 10.1. The van der Waals surface area contributed by atoms with Crippen LogP contribution in [0.5, 0.6) is 0 Å². The number of methoxy groups -OCH3 is 1. The van der Waals surface area contributed by atoms with E-state index in [-0.39, 0.29) is 17.3 Å². The highest BCUT2D eigenvalue weighted by Gasteiger charge is 2.14. The van der Waals surface area contributed by atoms with Gasteiger partial charge in [-0.15, -0.1) is 0 Å². The molecule has 25 heavy (non-hydrogen) atoms. The van der Waals surface area contributed by atoms with Crippen LogP contribution in [-0.4, -0.2) is 34.6 Å². The molecule has 0 fully saturated rings. The van der Waals surface area contributed by atoms with Crippen molar-refractivity contribution in [2.24, 2.45) is 0 Å². The van der Waals surface area contributed by atoms with E-state index in [2.05, 4.69) is 10.0 Å². The molecule has 134 valence electrons. The lowest BCUT2D eigenvalue weighted by Gasteiger charge is -2.08. The van der Waals surface area contributed by atoms with Crippen molar-refractivity contribution in [3.63, 3.8) is 0 Å². The molecule has 0 bridgehead atoms. The van der Waals surface area contributed by atoms with Crippen LogP contribution in [-0.2, 0) is 21.3 Å². The second-order valence-electron chi connectivity index (χ2n) is 5.58. The maximum absolute atomic E-state index is 12.2. The molecule has 0 atom stereocenters. The minimum atomic E-state index is -3.60. The fourth-order valence-corrected chi connectivity index (χ4v) is 3.15. The van der Waals surface area contributed by atoms with Gasteiger partial charge in [-0.05, 0) is 36.8 Å². The predicted molar refractivity (Wildman–Crippen MR) is 95.9 cm³/mol. The minimum Gasteiger partial charge on any atom is -0.383 e. The summed E-state index contributed by atoms with van der Waals surface area (Å²) in [6.45, 7) is 2.90. The predicted octanol–water partition coefficient (Wildman–Crippen LogP) is 1.85. The van der Waals surface area contributed by atoms with Gasteiger partial charge in [0.1, 0.15) is 0 Å². The van der Waals surface area contributed by atoms with Crippen LogP contribution in [0.1, 0.15) is 21.5 Å². The van der Waals surface area contributed by atoms with Crippen molar-refractivity contribution in [3.05, 3.63) is 65.2 Å². The third kappa shape index (κ3) is 5.67. The quantitative estimate of drug-likeness (QED) is 0.702. The summed E-state index contributed by atoms with van der Waals surface area (Å²) in [6.07, 6.45) is 0. The van der Waals surface area contributed by atoms with Crippen molar-refractivity contribution in [1.82, 2.24) is 10.0 Å². The number of amides is 1. The molecule has 0 heterocycles. The smallest absolute Gasteiger partial charge is 0.251 e. The Hall–Kier alpha value is -2.22. The molecule has 0 unspecified atom stereocenters. The number of hydrogen-bond acceptors (Lipinski definition) is 4. The number of benzene rings is 2. The Morgan fingerprint density at radius 3 is 2.28 bits per heavy atom. The number of sulfonamides is 1. The standard InChI is InChI=1S/C18H22N2O4S/c1-14-3-5-15(6-4-14)13-19-18(21)16-7-9-17(10-8-16)25(22,23)20-11-12-24-2/h3-10,20H,11-13H2,1-2H3,(H,19,21). The summed E-state index contributed by atoms with van der Waals surface area (Å²) in [5.41, 5.74) is 2.56. The van der Waals surface area contributed by atoms with Gasteiger partial charge in [-0.25, -0.2) is 13.1 Å². The maximum Gasteiger partial charge on any atom is 0.251 e. The van der Waals surface area contributed by atoms with Gasteiger partial charge < -0.3 is 10.1 Å². The highest BCUT2D eigenvalue weighted by atomic mass is 32.2. The molecule has 2 aromatic rings. The Kier molecular flexibility index (Phi) is 6.69. The lowest BCUT2D eigenvalue weighted by molar-refractivity contribution is 0.0951. The van der Waals surface area contributed by atoms with Gasteiger partial charge in [0.25, 0.3) is 5.91 Å². The van der Waals surface area contributed by atoms with E-state index in [1.165, 1.54) is 31.4 Å². The molecular formula is C18H22N2O4S. The molecule has 0 aliphatic heterocycles. The largest absolute Gasteiger partial charge is 0.383 e.